The number of nitro groups is 1. The van der Waals surface area contributed by atoms with Crippen LogP contribution in [0.1, 0.15) is 16.7 Å². The minimum atomic E-state index is -0.866. The van der Waals surface area contributed by atoms with E-state index in [2.05, 4.69) is 5.32 Å². The molecule has 0 fully saturated rings. The Labute approximate surface area is 207 Å². The van der Waals surface area contributed by atoms with Gasteiger partial charge in [-0.15, -0.1) is 0 Å². The van der Waals surface area contributed by atoms with Crippen LogP contribution in [0.25, 0.3) is 0 Å². The number of hydrogen-bond acceptors (Lipinski definition) is 4. The summed E-state index contributed by atoms with van der Waals surface area (Å²) < 4.78 is 0. The van der Waals surface area contributed by atoms with E-state index in [4.69, 9.17) is 23.2 Å². The molecule has 3 aromatic rings. The predicted octanol–water partition coefficient (Wildman–Crippen LogP) is 4.83. The van der Waals surface area contributed by atoms with Crippen molar-refractivity contribution in [3.63, 3.8) is 0 Å². The minimum absolute atomic E-state index is 0.0282. The summed E-state index contributed by atoms with van der Waals surface area (Å²) in [5, 5.41) is 14.9. The number of amides is 2. The Morgan fingerprint density at radius 2 is 1.68 bits per heavy atom. The molecule has 3 rings (SSSR count). The van der Waals surface area contributed by atoms with Gasteiger partial charge in [-0.3, -0.25) is 19.7 Å². The van der Waals surface area contributed by atoms with E-state index in [-0.39, 0.29) is 36.5 Å². The van der Waals surface area contributed by atoms with Gasteiger partial charge in [-0.1, -0.05) is 77.8 Å². The lowest BCUT2D eigenvalue weighted by atomic mass is 10.0. The largest absolute Gasteiger partial charge is 0.357 e. The van der Waals surface area contributed by atoms with Gasteiger partial charge in [-0.05, 0) is 23.3 Å². The van der Waals surface area contributed by atoms with Crippen LogP contribution in [0.15, 0.2) is 72.8 Å². The maximum Gasteiger partial charge on any atom is 0.273 e. The van der Waals surface area contributed by atoms with Crippen LogP contribution in [-0.4, -0.2) is 34.7 Å². The van der Waals surface area contributed by atoms with Gasteiger partial charge in [-0.2, -0.15) is 0 Å². The molecule has 1 N–H and O–H groups in total. The van der Waals surface area contributed by atoms with E-state index in [1.807, 2.05) is 30.3 Å². The zero-order valence-electron chi connectivity index (χ0n) is 18.4. The Kier molecular flexibility index (Phi) is 8.62. The van der Waals surface area contributed by atoms with Gasteiger partial charge >= 0.3 is 0 Å². The molecular weight excluding hydrogens is 477 g/mol. The molecule has 7 nitrogen and oxygen atoms in total. The molecule has 0 spiro atoms. The van der Waals surface area contributed by atoms with Crippen LogP contribution in [0.2, 0.25) is 10.0 Å². The van der Waals surface area contributed by atoms with E-state index >= 15 is 0 Å². The summed E-state index contributed by atoms with van der Waals surface area (Å²) in [6.07, 6.45) is 0.0129. The molecule has 176 valence electrons. The quantitative estimate of drug-likeness (QED) is 0.337. The topological polar surface area (TPSA) is 92.6 Å². The fourth-order valence-corrected chi connectivity index (χ4v) is 4.13. The molecular formula is C25H23Cl2N3O4. The molecule has 0 heterocycles. The van der Waals surface area contributed by atoms with Crippen molar-refractivity contribution in [1.29, 1.82) is 0 Å². The van der Waals surface area contributed by atoms with Gasteiger partial charge in [0.1, 0.15) is 6.04 Å². The smallest absolute Gasteiger partial charge is 0.273 e. The predicted molar refractivity (Wildman–Crippen MR) is 132 cm³/mol. The number of benzene rings is 3. The second kappa shape index (κ2) is 11.6. The van der Waals surface area contributed by atoms with E-state index in [1.54, 1.807) is 30.3 Å². The number of para-hydroxylation sites is 1. The van der Waals surface area contributed by atoms with E-state index in [0.717, 1.165) is 5.56 Å². The Morgan fingerprint density at radius 1 is 1.00 bits per heavy atom. The maximum absolute atomic E-state index is 13.6. The number of nitrogens with zero attached hydrogens (tertiary/aromatic N) is 2. The number of halogens is 2. The summed E-state index contributed by atoms with van der Waals surface area (Å²) in [6, 6.07) is 19.4. The Morgan fingerprint density at radius 3 is 2.32 bits per heavy atom. The van der Waals surface area contributed by atoms with Gasteiger partial charge in [0.15, 0.2) is 0 Å². The van der Waals surface area contributed by atoms with Gasteiger partial charge in [0.2, 0.25) is 11.8 Å². The summed E-state index contributed by atoms with van der Waals surface area (Å²) in [7, 11) is 1.50. The van der Waals surface area contributed by atoms with Crippen molar-refractivity contribution in [1.82, 2.24) is 10.2 Å². The van der Waals surface area contributed by atoms with Crippen LogP contribution >= 0.6 is 23.2 Å². The number of carbonyl (C=O) groups is 2. The lowest BCUT2D eigenvalue weighted by Crippen LogP contribution is -2.50. The molecule has 0 saturated heterocycles. The van der Waals surface area contributed by atoms with E-state index in [1.165, 1.54) is 24.1 Å². The zero-order valence-corrected chi connectivity index (χ0v) is 19.9. The van der Waals surface area contributed by atoms with E-state index in [9.17, 15) is 19.7 Å². The van der Waals surface area contributed by atoms with Gasteiger partial charge < -0.3 is 10.2 Å². The number of likely N-dealkylation sites (N-methyl/N-ethyl adjacent to an activating group) is 1. The van der Waals surface area contributed by atoms with E-state index in [0.29, 0.717) is 15.6 Å². The van der Waals surface area contributed by atoms with Gasteiger partial charge in [0.25, 0.3) is 5.69 Å². The highest BCUT2D eigenvalue weighted by Gasteiger charge is 2.31. The molecule has 0 aliphatic heterocycles. The van der Waals surface area contributed by atoms with Gasteiger partial charge in [-0.25, -0.2) is 0 Å². The summed E-state index contributed by atoms with van der Waals surface area (Å²) in [4.78, 5) is 38.9. The molecule has 0 aliphatic carbocycles. The lowest BCUT2D eigenvalue weighted by molar-refractivity contribution is -0.385. The van der Waals surface area contributed by atoms with Crippen molar-refractivity contribution in [2.45, 2.75) is 25.4 Å². The number of rotatable bonds is 9. The van der Waals surface area contributed by atoms with Crippen molar-refractivity contribution in [3.05, 3.63) is 110 Å². The first-order valence-electron chi connectivity index (χ1n) is 10.5. The zero-order chi connectivity index (χ0) is 24.7. The first kappa shape index (κ1) is 25.2. The van der Waals surface area contributed by atoms with Crippen molar-refractivity contribution in [2.24, 2.45) is 0 Å². The van der Waals surface area contributed by atoms with Crippen LogP contribution < -0.4 is 5.32 Å². The van der Waals surface area contributed by atoms with Crippen molar-refractivity contribution < 1.29 is 14.5 Å². The molecule has 2 amide bonds. The van der Waals surface area contributed by atoms with Crippen molar-refractivity contribution >= 4 is 40.7 Å². The highest BCUT2D eigenvalue weighted by molar-refractivity contribution is 6.35. The third kappa shape index (κ3) is 6.34. The number of hydrogen-bond donors (Lipinski definition) is 1. The normalized spacial score (nSPS) is 11.5. The van der Waals surface area contributed by atoms with Crippen LogP contribution in [0.4, 0.5) is 5.69 Å². The summed E-state index contributed by atoms with van der Waals surface area (Å²) in [5.41, 5.74) is 1.57. The Balaban J connectivity index is 2.01. The van der Waals surface area contributed by atoms with Crippen LogP contribution in [0.5, 0.6) is 0 Å². The van der Waals surface area contributed by atoms with Gasteiger partial charge in [0.05, 0.1) is 11.3 Å². The van der Waals surface area contributed by atoms with Gasteiger partial charge in [0, 0.05) is 41.7 Å². The molecule has 0 unspecified atom stereocenters. The maximum atomic E-state index is 13.6. The average molecular weight is 500 g/mol. The Hall–Kier alpha value is -3.42. The molecule has 1 atom stereocenters. The first-order chi connectivity index (χ1) is 16.3. The molecule has 3 aromatic carbocycles. The molecule has 0 aromatic heterocycles. The number of carbonyl (C=O) groups excluding carboxylic acids is 2. The third-order valence-electron chi connectivity index (χ3n) is 5.40. The fraction of sp³-hybridized carbons (Fsp3) is 0.200. The lowest BCUT2D eigenvalue weighted by Gasteiger charge is -2.31. The number of nitrogens with one attached hydrogen (secondary N) is 1. The van der Waals surface area contributed by atoms with Crippen LogP contribution in [-0.2, 0) is 29.0 Å². The van der Waals surface area contributed by atoms with Crippen molar-refractivity contribution in [3.8, 4) is 0 Å². The molecule has 34 heavy (non-hydrogen) atoms. The third-order valence-corrected chi connectivity index (χ3v) is 5.99. The number of nitro benzene ring substituents is 1. The Bertz CT molecular complexity index is 1190. The minimum Gasteiger partial charge on any atom is -0.357 e. The monoisotopic (exact) mass is 499 g/mol. The molecule has 0 bridgehead atoms. The summed E-state index contributed by atoms with van der Waals surface area (Å²) in [5.74, 6) is -0.797. The highest BCUT2D eigenvalue weighted by atomic mass is 35.5. The SMILES string of the molecule is CNC(=O)[C@@H](Cc1ccccc1)N(Cc1ccc(Cl)cc1Cl)C(=O)Cc1ccccc1[N+](=O)[O-]. The average Bonchev–Trinajstić information content (AvgIpc) is 2.82. The highest BCUT2D eigenvalue weighted by Crippen LogP contribution is 2.25. The standard InChI is InChI=1S/C25H23Cl2N3O4/c1-28-25(32)23(13-17-7-3-2-4-8-17)29(16-19-11-12-20(26)15-21(19)27)24(31)14-18-9-5-6-10-22(18)30(33)34/h2-12,15,23H,13-14,16H2,1H3,(H,28,32)/t23-/m1/s1. The second-order valence-electron chi connectivity index (χ2n) is 7.64. The van der Waals surface area contributed by atoms with E-state index < -0.39 is 16.9 Å². The fourth-order valence-electron chi connectivity index (χ4n) is 3.66. The van der Waals surface area contributed by atoms with Crippen LogP contribution in [0.3, 0.4) is 0 Å². The molecule has 0 aliphatic rings. The second-order valence-corrected chi connectivity index (χ2v) is 8.48. The summed E-state index contributed by atoms with van der Waals surface area (Å²) in [6.45, 7) is 0.0282. The van der Waals surface area contributed by atoms with Crippen molar-refractivity contribution in [2.75, 3.05) is 7.05 Å². The summed E-state index contributed by atoms with van der Waals surface area (Å²) >= 11 is 12.4. The molecule has 9 heteroatoms. The molecule has 0 saturated carbocycles. The van der Waals surface area contributed by atoms with Crippen LogP contribution in [0, 0.1) is 10.1 Å². The first-order valence-corrected chi connectivity index (χ1v) is 11.3. The molecule has 0 radical (unpaired) electrons.